The third kappa shape index (κ3) is 1.39. The molecule has 0 radical (unpaired) electrons. The molecule has 0 aliphatic heterocycles. The molecule has 1 rings (SSSR count). The minimum absolute atomic E-state index is 0.0768. The lowest BCUT2D eigenvalue weighted by molar-refractivity contribution is 0.220. The van der Waals surface area contributed by atoms with E-state index in [-0.39, 0.29) is 5.54 Å². The Balaban J connectivity index is 3.11. The van der Waals surface area contributed by atoms with Gasteiger partial charge in [-0.15, -0.1) is 0 Å². The summed E-state index contributed by atoms with van der Waals surface area (Å²) in [5, 5.41) is 0. The summed E-state index contributed by atoms with van der Waals surface area (Å²) in [6, 6.07) is 0. The van der Waals surface area contributed by atoms with E-state index < -0.39 is 19.8 Å². The summed E-state index contributed by atoms with van der Waals surface area (Å²) in [7, 11) is 0.169. The highest BCUT2D eigenvalue weighted by Gasteiger charge is 2.51. The third-order valence-electron chi connectivity index (χ3n) is 2.67. The first-order valence-electron chi connectivity index (χ1n) is 4.54. The molecule has 0 N–H and O–H groups in total. The predicted molar refractivity (Wildman–Crippen MR) is 54.2 cm³/mol. The van der Waals surface area contributed by atoms with E-state index in [1.54, 1.807) is 0 Å². The van der Waals surface area contributed by atoms with Gasteiger partial charge in [0.1, 0.15) is 0 Å². The summed E-state index contributed by atoms with van der Waals surface area (Å²) in [5.41, 5.74) is -0.894. The van der Waals surface area contributed by atoms with Crippen LogP contribution in [0.25, 0.3) is 0 Å². The highest BCUT2D eigenvalue weighted by atomic mass is 28.4. The Hall–Kier alpha value is -0.723. The molecule has 5 nitrogen and oxygen atoms in total. The van der Waals surface area contributed by atoms with E-state index in [9.17, 15) is 9.59 Å². The average molecular weight is 217 g/mol. The van der Waals surface area contributed by atoms with Crippen molar-refractivity contribution in [1.29, 1.82) is 0 Å². The Bertz CT molecular complexity index is 350. The molecule has 1 heterocycles. The molecule has 0 aliphatic carbocycles. The largest absolute Gasteiger partial charge is 0.471 e. The second-order valence-corrected chi connectivity index (χ2v) is 6.80. The van der Waals surface area contributed by atoms with Gasteiger partial charge in [-0.3, -0.25) is 9.59 Å². The molecule has 1 aromatic heterocycles. The van der Waals surface area contributed by atoms with Gasteiger partial charge in [-0.2, -0.15) is 0 Å². The monoisotopic (exact) mass is 217 g/mol. The molecule has 0 amide bonds. The summed E-state index contributed by atoms with van der Waals surface area (Å²) < 4.78 is 11.8. The van der Waals surface area contributed by atoms with Crippen LogP contribution in [-0.2, 0) is 8.85 Å². The summed E-state index contributed by atoms with van der Waals surface area (Å²) in [6.45, 7) is 3.90. The molecule has 0 aromatic carbocycles. The first kappa shape index (κ1) is 11.4. The van der Waals surface area contributed by atoms with Crippen molar-refractivity contribution in [3.8, 4) is 0 Å². The second-order valence-electron chi connectivity index (χ2n) is 3.29. The van der Waals surface area contributed by atoms with Crippen LogP contribution < -0.4 is 11.1 Å². The van der Waals surface area contributed by atoms with Gasteiger partial charge in [0, 0.05) is 19.8 Å². The van der Waals surface area contributed by atoms with Crippen molar-refractivity contribution in [3.63, 3.8) is 0 Å². The molecule has 0 bridgehead atoms. The van der Waals surface area contributed by atoms with Crippen molar-refractivity contribution in [2.75, 3.05) is 14.2 Å². The standard InChI is InChI=1S/C8H15NO4Si/c1-5-6(2)14(12-3,13-4)9-7(10)8(9)11/h6H,5H2,1-4H3. The van der Waals surface area contributed by atoms with Crippen molar-refractivity contribution in [2.45, 2.75) is 25.8 Å². The molecule has 0 saturated carbocycles. The summed E-state index contributed by atoms with van der Waals surface area (Å²) >= 11 is 0. The number of nitrogens with zero attached hydrogens (tertiary/aromatic N) is 1. The lowest BCUT2D eigenvalue weighted by Gasteiger charge is -2.28. The fourth-order valence-electron chi connectivity index (χ4n) is 1.56. The van der Waals surface area contributed by atoms with Gasteiger partial charge in [0.15, 0.2) is 0 Å². The first-order valence-corrected chi connectivity index (χ1v) is 6.38. The predicted octanol–water partition coefficient (Wildman–Crippen LogP) is -0.0360. The van der Waals surface area contributed by atoms with E-state index in [0.717, 1.165) is 10.7 Å². The van der Waals surface area contributed by atoms with Crippen molar-refractivity contribution in [3.05, 3.63) is 20.7 Å². The fourth-order valence-corrected chi connectivity index (χ4v) is 4.57. The maximum atomic E-state index is 11.1. The van der Waals surface area contributed by atoms with Crippen LogP contribution in [0.15, 0.2) is 9.59 Å². The molecule has 0 aliphatic rings. The average Bonchev–Trinajstić information content (AvgIpc) is 2.79. The Morgan fingerprint density at radius 3 is 1.93 bits per heavy atom. The lowest BCUT2D eigenvalue weighted by Crippen LogP contribution is -2.51. The van der Waals surface area contributed by atoms with Crippen LogP contribution in [0.5, 0.6) is 0 Å². The number of hydrogen-bond donors (Lipinski definition) is 0. The van der Waals surface area contributed by atoms with Crippen LogP contribution in [-0.4, -0.2) is 27.2 Å². The minimum Gasteiger partial charge on any atom is -0.381 e. The molecule has 1 atom stereocenters. The SMILES string of the molecule is CCC(C)[Si](OC)(OC)n1c(=O)c1=O. The normalized spacial score (nSPS) is 14.9. The zero-order valence-electron chi connectivity index (χ0n) is 8.86. The van der Waals surface area contributed by atoms with Gasteiger partial charge in [-0.25, -0.2) is 4.23 Å². The van der Waals surface area contributed by atoms with Crippen molar-refractivity contribution in [1.82, 2.24) is 4.23 Å². The van der Waals surface area contributed by atoms with Gasteiger partial charge in [-0.05, 0) is 6.42 Å². The first-order chi connectivity index (χ1) is 6.55. The van der Waals surface area contributed by atoms with Gasteiger partial charge >= 0.3 is 19.8 Å². The Labute approximate surface area is 83.3 Å². The van der Waals surface area contributed by atoms with Gasteiger partial charge in [-0.1, -0.05) is 13.8 Å². The number of rotatable bonds is 5. The van der Waals surface area contributed by atoms with Crippen LogP contribution in [0.2, 0.25) is 5.54 Å². The Morgan fingerprint density at radius 1 is 1.29 bits per heavy atom. The van der Waals surface area contributed by atoms with Crippen LogP contribution in [0, 0.1) is 0 Å². The van der Waals surface area contributed by atoms with Crippen LogP contribution in [0.3, 0.4) is 0 Å². The Kier molecular flexibility index (Phi) is 3.08. The smallest absolute Gasteiger partial charge is 0.381 e. The second kappa shape index (κ2) is 3.80. The zero-order valence-corrected chi connectivity index (χ0v) is 9.86. The molecule has 1 unspecified atom stereocenters. The summed E-state index contributed by atoms with van der Waals surface area (Å²) in [6.07, 6.45) is 0.810. The van der Waals surface area contributed by atoms with Crippen molar-refractivity contribution >= 4 is 8.72 Å². The maximum Gasteiger partial charge on any atom is 0.471 e. The quantitative estimate of drug-likeness (QED) is 0.513. The van der Waals surface area contributed by atoms with Crippen molar-refractivity contribution < 1.29 is 8.85 Å². The van der Waals surface area contributed by atoms with E-state index in [1.165, 1.54) is 14.2 Å². The van der Waals surface area contributed by atoms with E-state index in [4.69, 9.17) is 8.85 Å². The Morgan fingerprint density at radius 2 is 1.71 bits per heavy atom. The van der Waals surface area contributed by atoms with Crippen LogP contribution >= 0.6 is 0 Å². The van der Waals surface area contributed by atoms with E-state index in [0.29, 0.717) is 0 Å². The van der Waals surface area contributed by atoms with Gasteiger partial charge in [0.2, 0.25) is 0 Å². The summed E-state index contributed by atoms with van der Waals surface area (Å²) in [4.78, 5) is 22.1. The highest BCUT2D eigenvalue weighted by Crippen LogP contribution is 2.25. The van der Waals surface area contributed by atoms with E-state index in [2.05, 4.69) is 0 Å². The fraction of sp³-hybridized carbons (Fsp3) is 0.750. The third-order valence-corrected chi connectivity index (χ3v) is 6.52. The van der Waals surface area contributed by atoms with Gasteiger partial charge in [0.05, 0.1) is 0 Å². The molecule has 0 spiro atoms. The van der Waals surface area contributed by atoms with Crippen LogP contribution in [0.1, 0.15) is 20.3 Å². The summed E-state index contributed by atoms with van der Waals surface area (Å²) in [5.74, 6) is 0. The molecular weight excluding hydrogens is 202 g/mol. The molecular formula is C8H15NO4Si. The molecule has 0 saturated heterocycles. The topological polar surface area (TPSA) is 57.5 Å². The van der Waals surface area contributed by atoms with Crippen LogP contribution in [0.4, 0.5) is 0 Å². The van der Waals surface area contributed by atoms with Crippen molar-refractivity contribution in [2.24, 2.45) is 0 Å². The maximum absolute atomic E-state index is 11.1. The number of aromatic nitrogens is 1. The molecule has 80 valence electrons. The van der Waals surface area contributed by atoms with E-state index >= 15 is 0 Å². The lowest BCUT2D eigenvalue weighted by atomic mass is 10.4. The zero-order chi connectivity index (χ0) is 10.9. The molecule has 1 aromatic rings. The van der Waals surface area contributed by atoms with E-state index in [1.807, 2.05) is 13.8 Å². The molecule has 6 heteroatoms. The van der Waals surface area contributed by atoms with Gasteiger partial charge < -0.3 is 8.85 Å². The minimum atomic E-state index is -2.80. The van der Waals surface area contributed by atoms with Gasteiger partial charge in [0.25, 0.3) is 0 Å². The molecule has 0 fully saturated rings. The number of hydrogen-bond acceptors (Lipinski definition) is 4. The molecule has 14 heavy (non-hydrogen) atoms. The highest BCUT2D eigenvalue weighted by molar-refractivity contribution is 6.67.